The summed E-state index contributed by atoms with van der Waals surface area (Å²) in [7, 11) is 0. The van der Waals surface area contributed by atoms with Gasteiger partial charge in [0.2, 0.25) is 0 Å². The van der Waals surface area contributed by atoms with Gasteiger partial charge in [0.25, 0.3) is 0 Å². The number of hydrogen-bond acceptors (Lipinski definition) is 2. The monoisotopic (exact) mass is 290 g/mol. The molecule has 4 saturated carbocycles. The molecular weight excluding hydrogens is 260 g/mol. The lowest BCUT2D eigenvalue weighted by Gasteiger charge is -2.55. The average molecular weight is 290 g/mol. The molecule has 21 heavy (non-hydrogen) atoms. The summed E-state index contributed by atoms with van der Waals surface area (Å²) in [6, 6.07) is 0. The zero-order chi connectivity index (χ0) is 14.8. The molecule has 0 aliphatic heterocycles. The third-order valence-electron chi connectivity index (χ3n) is 7.95. The number of fused-ring (bicyclic) bond motifs is 5. The minimum atomic E-state index is -0.416. The van der Waals surface area contributed by atoms with Crippen LogP contribution < -0.4 is 0 Å². The predicted octanol–water partition coefficient (Wildman–Crippen LogP) is 3.96. The van der Waals surface area contributed by atoms with E-state index in [4.69, 9.17) is 0 Å². The number of Topliss-reactive ketones (excluding diaryl/α,β-unsaturated/α-hetero) is 1. The molecule has 0 aromatic carbocycles. The molecule has 118 valence electrons. The van der Waals surface area contributed by atoms with Crippen LogP contribution in [0, 0.1) is 35.0 Å². The number of carbonyl (C=O) groups is 1. The summed E-state index contributed by atoms with van der Waals surface area (Å²) in [6.07, 6.45) is 10.2. The van der Waals surface area contributed by atoms with Crippen molar-refractivity contribution in [2.24, 2.45) is 35.0 Å². The normalized spacial score (nSPS) is 56.5. The Morgan fingerprint density at radius 1 is 0.952 bits per heavy atom. The van der Waals surface area contributed by atoms with E-state index in [0.717, 1.165) is 55.8 Å². The molecule has 1 N–H and O–H groups in total. The predicted molar refractivity (Wildman–Crippen MR) is 82.7 cm³/mol. The maximum Gasteiger partial charge on any atom is 0.139 e. The summed E-state index contributed by atoms with van der Waals surface area (Å²) in [5.74, 6) is 4.47. The summed E-state index contributed by atoms with van der Waals surface area (Å²) in [5.41, 5.74) is -0.394. The van der Waals surface area contributed by atoms with E-state index < -0.39 is 5.60 Å². The summed E-state index contributed by atoms with van der Waals surface area (Å²) < 4.78 is 0. The Morgan fingerprint density at radius 2 is 1.71 bits per heavy atom. The van der Waals surface area contributed by atoms with Crippen LogP contribution in [0.5, 0.6) is 0 Å². The number of aliphatic hydroxyl groups is 1. The van der Waals surface area contributed by atoms with Crippen molar-refractivity contribution in [3.8, 4) is 0 Å². The zero-order valence-corrected chi connectivity index (χ0v) is 13.6. The average Bonchev–Trinajstić information content (AvgIpc) is 2.73. The van der Waals surface area contributed by atoms with E-state index in [1.807, 2.05) is 6.92 Å². The zero-order valence-electron chi connectivity index (χ0n) is 13.6. The molecule has 3 unspecified atom stereocenters. The van der Waals surface area contributed by atoms with E-state index in [1.165, 1.54) is 25.7 Å². The highest BCUT2D eigenvalue weighted by Gasteiger charge is 2.57. The van der Waals surface area contributed by atoms with Gasteiger partial charge in [-0.1, -0.05) is 6.92 Å². The van der Waals surface area contributed by atoms with Gasteiger partial charge in [-0.15, -0.1) is 0 Å². The van der Waals surface area contributed by atoms with Crippen LogP contribution in [0.3, 0.4) is 0 Å². The largest absolute Gasteiger partial charge is 0.390 e. The second kappa shape index (κ2) is 4.57. The van der Waals surface area contributed by atoms with Crippen molar-refractivity contribution in [3.63, 3.8) is 0 Å². The second-order valence-electron chi connectivity index (χ2n) is 9.09. The molecule has 0 heterocycles. The van der Waals surface area contributed by atoms with Gasteiger partial charge in [0.15, 0.2) is 0 Å². The first-order valence-electron chi connectivity index (χ1n) is 9.16. The number of hydrogen-bond donors (Lipinski definition) is 1. The molecule has 0 radical (unpaired) electrons. The topological polar surface area (TPSA) is 37.3 Å². The van der Waals surface area contributed by atoms with Gasteiger partial charge >= 0.3 is 0 Å². The number of carbonyl (C=O) groups excluding carboxylic acids is 1. The van der Waals surface area contributed by atoms with E-state index in [-0.39, 0.29) is 5.41 Å². The van der Waals surface area contributed by atoms with E-state index in [2.05, 4.69) is 6.92 Å². The molecule has 7 atom stereocenters. The molecule has 4 aliphatic carbocycles. The lowest BCUT2D eigenvalue weighted by Crippen LogP contribution is -2.50. The van der Waals surface area contributed by atoms with Gasteiger partial charge in [-0.3, -0.25) is 4.79 Å². The summed E-state index contributed by atoms with van der Waals surface area (Å²) in [6.45, 7) is 4.30. The van der Waals surface area contributed by atoms with E-state index in [9.17, 15) is 9.90 Å². The highest BCUT2D eigenvalue weighted by molar-refractivity contribution is 5.87. The molecule has 0 bridgehead atoms. The van der Waals surface area contributed by atoms with Gasteiger partial charge < -0.3 is 5.11 Å². The Balaban J connectivity index is 1.57. The van der Waals surface area contributed by atoms with E-state index in [1.54, 1.807) is 0 Å². The molecule has 4 fully saturated rings. The first-order valence-corrected chi connectivity index (χ1v) is 9.16. The molecule has 0 aromatic heterocycles. The fraction of sp³-hybridized carbons (Fsp3) is 0.947. The van der Waals surface area contributed by atoms with Crippen molar-refractivity contribution in [1.82, 2.24) is 0 Å². The van der Waals surface area contributed by atoms with Crippen molar-refractivity contribution in [3.05, 3.63) is 0 Å². The third-order valence-corrected chi connectivity index (χ3v) is 7.95. The molecule has 4 rings (SSSR count). The standard InChI is InChI=1S/C19H30O2/c1-18(21)9-7-13-12(11-18)3-4-15-14(13)8-10-19(2)16(15)5-6-17(19)20/h12-16,21H,3-11H2,1-2H3/t12?,13?,14-,15?,16+,18-,19+/m1/s1. The van der Waals surface area contributed by atoms with Gasteiger partial charge in [-0.25, -0.2) is 0 Å². The highest BCUT2D eigenvalue weighted by atomic mass is 16.3. The third kappa shape index (κ3) is 2.04. The van der Waals surface area contributed by atoms with Gasteiger partial charge in [-0.05, 0) is 87.9 Å². The highest BCUT2D eigenvalue weighted by Crippen LogP contribution is 2.61. The van der Waals surface area contributed by atoms with Crippen LogP contribution in [0.4, 0.5) is 0 Å². The van der Waals surface area contributed by atoms with Crippen LogP contribution in [-0.2, 0) is 4.79 Å². The molecule has 2 heteroatoms. The first kappa shape index (κ1) is 14.2. The molecule has 0 aromatic rings. The van der Waals surface area contributed by atoms with Gasteiger partial charge in [0.1, 0.15) is 5.78 Å². The van der Waals surface area contributed by atoms with Crippen molar-refractivity contribution in [2.75, 3.05) is 0 Å². The van der Waals surface area contributed by atoms with Gasteiger partial charge in [0, 0.05) is 11.8 Å². The quantitative estimate of drug-likeness (QED) is 0.733. The van der Waals surface area contributed by atoms with Gasteiger partial charge in [-0.2, -0.15) is 0 Å². The van der Waals surface area contributed by atoms with Crippen LogP contribution >= 0.6 is 0 Å². The summed E-state index contributed by atoms with van der Waals surface area (Å²) in [4.78, 5) is 12.3. The first-order chi connectivity index (χ1) is 9.91. The molecule has 2 nitrogen and oxygen atoms in total. The molecule has 0 saturated heterocycles. The second-order valence-corrected chi connectivity index (χ2v) is 9.09. The van der Waals surface area contributed by atoms with Crippen molar-refractivity contribution in [1.29, 1.82) is 0 Å². The molecule has 0 amide bonds. The van der Waals surface area contributed by atoms with Crippen LogP contribution in [0.25, 0.3) is 0 Å². The summed E-state index contributed by atoms with van der Waals surface area (Å²) >= 11 is 0. The van der Waals surface area contributed by atoms with Crippen LogP contribution in [0.15, 0.2) is 0 Å². The maximum absolute atomic E-state index is 12.3. The van der Waals surface area contributed by atoms with Crippen LogP contribution in [0.1, 0.15) is 71.6 Å². The lowest BCUT2D eigenvalue weighted by atomic mass is 9.50. The van der Waals surface area contributed by atoms with E-state index >= 15 is 0 Å². The fourth-order valence-corrected chi connectivity index (χ4v) is 6.85. The number of rotatable bonds is 0. The van der Waals surface area contributed by atoms with Gasteiger partial charge in [0.05, 0.1) is 5.60 Å². The Labute approximate surface area is 128 Å². The SMILES string of the molecule is C[C@@]1(O)CCC2C(CCC3[C@@H]2CC[C@]2(C)C(=O)CC[C@@H]32)C1. The summed E-state index contributed by atoms with van der Waals surface area (Å²) in [5, 5.41) is 10.4. The Kier molecular flexibility index (Phi) is 3.10. The Hall–Kier alpha value is -0.370. The number of ketones is 1. The lowest BCUT2D eigenvalue weighted by molar-refractivity contribution is -0.134. The van der Waals surface area contributed by atoms with Crippen LogP contribution in [0.2, 0.25) is 0 Å². The Morgan fingerprint density at radius 3 is 2.52 bits per heavy atom. The Bertz CT molecular complexity index is 454. The molecular formula is C19H30O2. The maximum atomic E-state index is 12.3. The fourth-order valence-electron chi connectivity index (χ4n) is 6.85. The van der Waals surface area contributed by atoms with Crippen LogP contribution in [-0.4, -0.2) is 16.5 Å². The van der Waals surface area contributed by atoms with Crippen molar-refractivity contribution < 1.29 is 9.90 Å². The molecule has 4 aliphatic rings. The minimum absolute atomic E-state index is 0.0220. The van der Waals surface area contributed by atoms with E-state index in [0.29, 0.717) is 11.7 Å². The van der Waals surface area contributed by atoms with Crippen molar-refractivity contribution >= 4 is 5.78 Å². The van der Waals surface area contributed by atoms with Crippen molar-refractivity contribution in [2.45, 2.75) is 77.2 Å². The minimum Gasteiger partial charge on any atom is -0.390 e. The smallest absolute Gasteiger partial charge is 0.139 e. The molecule has 0 spiro atoms.